The van der Waals surface area contributed by atoms with Gasteiger partial charge in [-0.1, -0.05) is 25.5 Å². The van der Waals surface area contributed by atoms with Gasteiger partial charge in [-0.05, 0) is 37.5 Å². The quantitative estimate of drug-likeness (QED) is 0.709. The molecule has 1 aromatic carbocycles. The molecule has 0 spiro atoms. The Kier molecular flexibility index (Phi) is 6.44. The highest BCUT2D eigenvalue weighted by Gasteiger charge is 2.25. The number of phenolic OH excluding ortho intramolecular Hbond substituents is 1. The highest BCUT2D eigenvalue weighted by atomic mass is 16.5. The molecule has 0 aliphatic heterocycles. The van der Waals surface area contributed by atoms with Crippen molar-refractivity contribution in [2.24, 2.45) is 5.73 Å². The molecule has 0 fully saturated rings. The Morgan fingerprint density at radius 1 is 1.31 bits per heavy atom. The number of carbonyl (C=O) groups is 2. The van der Waals surface area contributed by atoms with Crippen LogP contribution in [0.5, 0.6) is 5.75 Å². The van der Waals surface area contributed by atoms with E-state index < -0.39 is 5.91 Å². The van der Waals surface area contributed by atoms with Crippen LogP contribution in [0.4, 0.5) is 0 Å². The Balaban J connectivity index is 2.67. The lowest BCUT2D eigenvalue weighted by molar-refractivity contribution is -0.140. The molecule has 3 N–H and O–H groups in total. The molecule has 0 aliphatic rings. The summed E-state index contributed by atoms with van der Waals surface area (Å²) < 4.78 is 6.82. The topological polar surface area (TPSA) is 94.5 Å². The summed E-state index contributed by atoms with van der Waals surface area (Å²) in [7, 11) is 1.36. The van der Waals surface area contributed by atoms with Gasteiger partial charge in [0.2, 0.25) is 0 Å². The lowest BCUT2D eigenvalue weighted by Crippen LogP contribution is -2.13. The Hall–Kier alpha value is -2.76. The number of hydrogen-bond acceptors (Lipinski definition) is 4. The van der Waals surface area contributed by atoms with Crippen molar-refractivity contribution in [3.63, 3.8) is 0 Å². The smallest absolute Gasteiger partial charge is 0.305 e. The fraction of sp³-hybridized carbons (Fsp3) is 0.400. The number of phenols is 1. The normalized spacial score (nSPS) is 10.7. The molecule has 2 rings (SSSR count). The zero-order chi connectivity index (χ0) is 19.3. The van der Waals surface area contributed by atoms with E-state index in [0.29, 0.717) is 23.1 Å². The summed E-state index contributed by atoms with van der Waals surface area (Å²) in [6.07, 6.45) is 2.57. The van der Waals surface area contributed by atoms with Crippen LogP contribution in [-0.4, -0.2) is 28.7 Å². The molecule has 0 radical (unpaired) electrons. The van der Waals surface area contributed by atoms with Gasteiger partial charge in [-0.25, -0.2) is 0 Å². The highest BCUT2D eigenvalue weighted by molar-refractivity contribution is 6.02. The first-order valence-electron chi connectivity index (χ1n) is 8.78. The van der Waals surface area contributed by atoms with Gasteiger partial charge in [-0.3, -0.25) is 9.59 Å². The minimum absolute atomic E-state index is 0.107. The Labute approximate surface area is 153 Å². The van der Waals surface area contributed by atoms with Gasteiger partial charge in [0.1, 0.15) is 5.75 Å². The van der Waals surface area contributed by atoms with Crippen LogP contribution in [-0.2, 0) is 22.5 Å². The highest BCUT2D eigenvalue weighted by Crippen LogP contribution is 2.35. The molecule has 1 heterocycles. The molecule has 1 aromatic heterocycles. The maximum Gasteiger partial charge on any atom is 0.305 e. The number of nitrogens with two attached hydrogens (primary N) is 1. The fourth-order valence-electron chi connectivity index (χ4n) is 3.27. The van der Waals surface area contributed by atoms with E-state index in [9.17, 15) is 14.7 Å². The number of nitrogens with zero attached hydrogens (tertiary/aromatic N) is 1. The summed E-state index contributed by atoms with van der Waals surface area (Å²) in [5, 5.41) is 9.87. The number of aromatic nitrogens is 1. The van der Waals surface area contributed by atoms with Crippen LogP contribution < -0.4 is 5.73 Å². The third kappa shape index (κ3) is 4.07. The summed E-state index contributed by atoms with van der Waals surface area (Å²) in [5.41, 5.74) is 9.15. The first-order chi connectivity index (χ1) is 12.4. The number of esters is 1. The minimum atomic E-state index is -0.518. The molecule has 6 heteroatoms. The van der Waals surface area contributed by atoms with Crippen LogP contribution in [0.3, 0.4) is 0 Å². The van der Waals surface area contributed by atoms with Gasteiger partial charge in [0, 0.05) is 23.5 Å². The van der Waals surface area contributed by atoms with Gasteiger partial charge >= 0.3 is 5.97 Å². The second-order valence-corrected chi connectivity index (χ2v) is 6.28. The fourth-order valence-corrected chi connectivity index (χ4v) is 3.27. The molecule has 26 heavy (non-hydrogen) atoms. The minimum Gasteiger partial charge on any atom is -0.508 e. The van der Waals surface area contributed by atoms with Crippen LogP contribution in [0.25, 0.3) is 11.1 Å². The van der Waals surface area contributed by atoms with Crippen LogP contribution in [0, 0.1) is 6.92 Å². The lowest BCUT2D eigenvalue weighted by atomic mass is 9.97. The number of aromatic hydroxyl groups is 1. The maximum atomic E-state index is 12.2. The molecule has 6 nitrogen and oxygen atoms in total. The van der Waals surface area contributed by atoms with Crippen molar-refractivity contribution in [1.82, 2.24) is 4.57 Å². The average Bonchev–Trinajstić information content (AvgIpc) is 2.89. The Morgan fingerprint density at radius 2 is 2.04 bits per heavy atom. The molecule has 1 amide bonds. The van der Waals surface area contributed by atoms with Gasteiger partial charge in [0.25, 0.3) is 5.91 Å². The largest absolute Gasteiger partial charge is 0.508 e. The van der Waals surface area contributed by atoms with Crippen LogP contribution >= 0.6 is 0 Å². The first-order valence-corrected chi connectivity index (χ1v) is 8.78. The van der Waals surface area contributed by atoms with E-state index in [2.05, 4.69) is 11.5 Å². The van der Waals surface area contributed by atoms with Crippen molar-refractivity contribution >= 4 is 11.9 Å². The second kappa shape index (κ2) is 8.56. The SMILES string of the molecule is CCCCn1c(C)c(C(N)=O)c(-c2cccc(O)c2)c1CCC(=O)OC. The molecule has 140 valence electrons. The average molecular weight is 358 g/mol. The predicted molar refractivity (Wildman–Crippen MR) is 100 cm³/mol. The number of benzene rings is 1. The van der Waals surface area contributed by atoms with Gasteiger partial charge in [-0.2, -0.15) is 0 Å². The summed E-state index contributed by atoms with van der Waals surface area (Å²) in [5.74, 6) is -0.723. The first kappa shape index (κ1) is 19.6. The van der Waals surface area contributed by atoms with Crippen LogP contribution in [0.2, 0.25) is 0 Å². The molecule has 0 aliphatic carbocycles. The molecule has 0 atom stereocenters. The lowest BCUT2D eigenvalue weighted by Gasteiger charge is -2.13. The van der Waals surface area contributed by atoms with Gasteiger partial charge in [0.05, 0.1) is 19.1 Å². The number of methoxy groups -OCH3 is 1. The molecule has 0 saturated carbocycles. The number of hydrogen-bond donors (Lipinski definition) is 2. The second-order valence-electron chi connectivity index (χ2n) is 6.28. The third-order valence-corrected chi connectivity index (χ3v) is 4.54. The number of unbranched alkanes of at least 4 members (excludes halogenated alkanes) is 1. The number of ether oxygens (including phenoxy) is 1. The van der Waals surface area contributed by atoms with E-state index >= 15 is 0 Å². The summed E-state index contributed by atoms with van der Waals surface area (Å²) in [4.78, 5) is 23.9. The van der Waals surface area contributed by atoms with Crippen molar-refractivity contribution in [2.45, 2.75) is 46.1 Å². The standard InChI is InChI=1S/C20H26N2O4/c1-4-5-11-22-13(2)18(20(21)25)19(14-7-6-8-15(23)12-14)16(22)9-10-17(24)26-3/h6-8,12,23H,4-5,9-11H2,1-3H3,(H2,21,25). The van der Waals surface area contributed by atoms with E-state index in [-0.39, 0.29) is 18.1 Å². The molecular formula is C20H26N2O4. The van der Waals surface area contributed by atoms with Gasteiger partial charge < -0.3 is 20.1 Å². The summed E-state index contributed by atoms with van der Waals surface area (Å²) in [6.45, 7) is 4.69. The number of carbonyl (C=O) groups excluding carboxylic acids is 2. The van der Waals surface area contributed by atoms with Gasteiger partial charge in [-0.15, -0.1) is 0 Å². The van der Waals surface area contributed by atoms with Crippen molar-refractivity contribution in [3.05, 3.63) is 41.2 Å². The van der Waals surface area contributed by atoms with E-state index in [1.54, 1.807) is 18.2 Å². The number of rotatable bonds is 8. The third-order valence-electron chi connectivity index (χ3n) is 4.54. The maximum absolute atomic E-state index is 12.2. The molecule has 2 aromatic rings. The Bertz CT molecular complexity index is 808. The van der Waals surface area contributed by atoms with Crippen LogP contribution in [0.1, 0.15) is 47.9 Å². The Morgan fingerprint density at radius 3 is 2.62 bits per heavy atom. The monoisotopic (exact) mass is 358 g/mol. The zero-order valence-corrected chi connectivity index (χ0v) is 15.5. The molecule has 0 bridgehead atoms. The molecule has 0 unspecified atom stereocenters. The molecular weight excluding hydrogens is 332 g/mol. The van der Waals surface area contributed by atoms with Gasteiger partial charge in [0.15, 0.2) is 0 Å². The summed E-state index contributed by atoms with van der Waals surface area (Å²) >= 11 is 0. The zero-order valence-electron chi connectivity index (χ0n) is 15.5. The number of primary amides is 1. The van der Waals surface area contributed by atoms with Crippen molar-refractivity contribution in [1.29, 1.82) is 0 Å². The van der Waals surface area contributed by atoms with Crippen LogP contribution in [0.15, 0.2) is 24.3 Å². The van der Waals surface area contributed by atoms with Crippen molar-refractivity contribution in [3.8, 4) is 16.9 Å². The van der Waals surface area contributed by atoms with E-state index in [1.165, 1.54) is 7.11 Å². The predicted octanol–water partition coefficient (Wildman–Crippen LogP) is 3.17. The van der Waals surface area contributed by atoms with Crippen molar-refractivity contribution < 1.29 is 19.4 Å². The molecule has 0 saturated heterocycles. The summed E-state index contributed by atoms with van der Waals surface area (Å²) in [6, 6.07) is 6.72. The van der Waals surface area contributed by atoms with E-state index in [4.69, 9.17) is 10.5 Å². The van der Waals surface area contributed by atoms with Crippen molar-refractivity contribution in [2.75, 3.05) is 7.11 Å². The van der Waals surface area contributed by atoms with E-state index in [1.807, 2.05) is 13.0 Å². The van der Waals surface area contributed by atoms with E-state index in [0.717, 1.165) is 30.8 Å². The number of amides is 1.